The van der Waals surface area contributed by atoms with Gasteiger partial charge in [0.1, 0.15) is 11.3 Å². The lowest BCUT2D eigenvalue weighted by atomic mass is 10.1. The molecular formula is C20H22Cl3F2NO4. The van der Waals surface area contributed by atoms with Crippen molar-refractivity contribution in [3.8, 4) is 0 Å². The zero-order valence-corrected chi connectivity index (χ0v) is 19.3. The minimum absolute atomic E-state index is 0.0857. The monoisotopic (exact) mass is 483 g/mol. The van der Waals surface area contributed by atoms with Crippen molar-refractivity contribution >= 4 is 47.1 Å². The van der Waals surface area contributed by atoms with Crippen LogP contribution in [0.3, 0.4) is 0 Å². The first-order valence-corrected chi connectivity index (χ1v) is 9.95. The summed E-state index contributed by atoms with van der Waals surface area (Å²) in [4.78, 5) is 35.1. The van der Waals surface area contributed by atoms with E-state index in [1.54, 1.807) is 26.0 Å². The van der Waals surface area contributed by atoms with Crippen molar-refractivity contribution < 1.29 is 23.1 Å². The molecule has 2 rings (SSSR count). The number of aryl methyl sites for hydroxylation is 1. The minimum atomic E-state index is -3.68. The number of carbonyl (C=O) groups excluding carboxylic acids is 2. The molecule has 1 aromatic carbocycles. The van der Waals surface area contributed by atoms with E-state index in [0.717, 1.165) is 11.6 Å². The van der Waals surface area contributed by atoms with Crippen LogP contribution < -0.4 is 5.56 Å². The lowest BCUT2D eigenvalue weighted by molar-refractivity contribution is 0.0521. The van der Waals surface area contributed by atoms with Crippen LogP contribution in [-0.2, 0) is 10.1 Å². The maximum absolute atomic E-state index is 12.8. The molecule has 0 aliphatic heterocycles. The van der Waals surface area contributed by atoms with Crippen molar-refractivity contribution in [1.29, 1.82) is 0 Å². The zero-order valence-electron chi connectivity index (χ0n) is 17.0. The molecule has 0 amide bonds. The van der Waals surface area contributed by atoms with Crippen LogP contribution in [0.25, 0.3) is 0 Å². The Morgan fingerprint density at radius 2 is 1.80 bits per heavy atom. The van der Waals surface area contributed by atoms with Gasteiger partial charge in [0.05, 0.1) is 11.6 Å². The number of rotatable bonds is 4. The van der Waals surface area contributed by atoms with Crippen LogP contribution in [0, 0.1) is 13.8 Å². The molecule has 0 saturated heterocycles. The van der Waals surface area contributed by atoms with Gasteiger partial charge in [0.25, 0.3) is 5.56 Å². The Kier molecular flexibility index (Phi) is 11.8. The summed E-state index contributed by atoms with van der Waals surface area (Å²) >= 11 is 16.3. The lowest BCUT2D eigenvalue weighted by Gasteiger charge is -2.10. The number of aldehydes is 1. The number of pyridine rings is 1. The van der Waals surface area contributed by atoms with Crippen LogP contribution in [0.5, 0.6) is 0 Å². The van der Waals surface area contributed by atoms with Crippen LogP contribution in [0.15, 0.2) is 23.0 Å². The average molecular weight is 485 g/mol. The Morgan fingerprint density at radius 1 is 1.23 bits per heavy atom. The number of aromatic amines is 1. The van der Waals surface area contributed by atoms with E-state index in [-0.39, 0.29) is 17.7 Å². The van der Waals surface area contributed by atoms with Crippen molar-refractivity contribution in [2.75, 3.05) is 6.61 Å². The first kappa shape index (κ1) is 28.0. The van der Waals surface area contributed by atoms with Gasteiger partial charge in [-0.15, -0.1) is 0 Å². The summed E-state index contributed by atoms with van der Waals surface area (Å²) in [7, 11) is 0. The van der Waals surface area contributed by atoms with Gasteiger partial charge in [0.2, 0.25) is 0 Å². The molecule has 2 aromatic rings. The highest BCUT2D eigenvalue weighted by Gasteiger charge is 2.31. The van der Waals surface area contributed by atoms with Crippen LogP contribution >= 0.6 is 34.8 Å². The van der Waals surface area contributed by atoms with Gasteiger partial charge in [0.15, 0.2) is 6.29 Å². The molecule has 0 fully saturated rings. The highest BCUT2D eigenvalue weighted by atomic mass is 35.5. The molecule has 166 valence electrons. The molecule has 0 aliphatic carbocycles. The van der Waals surface area contributed by atoms with Crippen LogP contribution in [0.4, 0.5) is 8.78 Å². The number of alkyl halides is 3. The van der Waals surface area contributed by atoms with Gasteiger partial charge in [0, 0.05) is 10.6 Å². The predicted molar refractivity (Wildman–Crippen MR) is 115 cm³/mol. The second-order valence-corrected chi connectivity index (χ2v) is 6.74. The molecule has 10 heteroatoms. The fourth-order valence-electron chi connectivity index (χ4n) is 2.07. The fraction of sp³-hybridized carbons (Fsp3) is 0.350. The van der Waals surface area contributed by atoms with Gasteiger partial charge >= 0.3 is 11.4 Å². The number of benzene rings is 1. The molecule has 0 saturated carbocycles. The minimum Gasteiger partial charge on any atom is -0.462 e. The van der Waals surface area contributed by atoms with E-state index in [4.69, 9.17) is 34.8 Å². The highest BCUT2D eigenvalue weighted by molar-refractivity contribution is 6.37. The molecule has 0 radical (unpaired) electrons. The van der Waals surface area contributed by atoms with E-state index in [9.17, 15) is 23.2 Å². The number of nitrogens with one attached hydrogen (secondary N) is 1. The van der Waals surface area contributed by atoms with Gasteiger partial charge in [-0.25, -0.2) is 4.79 Å². The van der Waals surface area contributed by atoms with E-state index < -0.39 is 22.6 Å². The lowest BCUT2D eigenvalue weighted by Crippen LogP contribution is -2.25. The summed E-state index contributed by atoms with van der Waals surface area (Å²) in [6.07, 6.45) is 0.714. The zero-order chi connectivity index (χ0) is 23.6. The number of carbonyl (C=O) groups is 2. The normalized spacial score (nSPS) is 10.2. The van der Waals surface area contributed by atoms with Crippen LogP contribution in [0.2, 0.25) is 10.0 Å². The van der Waals surface area contributed by atoms with Crippen molar-refractivity contribution in [1.82, 2.24) is 4.98 Å². The third kappa shape index (κ3) is 7.70. The highest BCUT2D eigenvalue weighted by Crippen LogP contribution is 2.30. The third-order valence-electron chi connectivity index (χ3n) is 3.49. The van der Waals surface area contributed by atoms with Gasteiger partial charge in [-0.3, -0.25) is 9.59 Å². The first-order valence-electron chi connectivity index (χ1n) is 8.82. The van der Waals surface area contributed by atoms with Crippen molar-refractivity contribution in [3.63, 3.8) is 0 Å². The van der Waals surface area contributed by atoms with Crippen LogP contribution in [-0.4, -0.2) is 23.8 Å². The Balaban J connectivity index is 0.000000557. The van der Waals surface area contributed by atoms with E-state index in [1.165, 1.54) is 6.92 Å². The average Bonchev–Trinajstić information content (AvgIpc) is 2.67. The Hall–Kier alpha value is -1.96. The number of aromatic nitrogens is 1. The topological polar surface area (TPSA) is 76.2 Å². The van der Waals surface area contributed by atoms with E-state index in [1.807, 2.05) is 18.8 Å². The van der Waals surface area contributed by atoms with E-state index in [0.29, 0.717) is 21.9 Å². The standard InChI is InChI=1S/C10H10ClF2NO3.C8H6Cl2O.C2H6/c1-3-17-9(16)7-5(2)4-6(10(11,12)13)14-8(7)15;1-5-7(9)3-2-6(4-11)8(5)10;1-2/h4H,3H2,1-2H3,(H,14,15);2-4H,1H3;1-2H3. The largest absolute Gasteiger partial charge is 0.462 e. The Labute approximate surface area is 188 Å². The number of hydrogen-bond acceptors (Lipinski definition) is 4. The molecular weight excluding hydrogens is 463 g/mol. The molecule has 0 aliphatic rings. The molecule has 1 aromatic heterocycles. The van der Waals surface area contributed by atoms with Gasteiger partial charge in [-0.1, -0.05) is 37.0 Å². The summed E-state index contributed by atoms with van der Waals surface area (Å²) in [5, 5.41) is -2.66. The first-order chi connectivity index (χ1) is 13.9. The maximum atomic E-state index is 12.8. The number of ether oxygens (including phenoxy) is 1. The molecule has 1 heterocycles. The van der Waals surface area contributed by atoms with Crippen molar-refractivity contribution in [2.24, 2.45) is 0 Å². The summed E-state index contributed by atoms with van der Waals surface area (Å²) in [5.41, 5.74) is -0.681. The van der Waals surface area contributed by atoms with Gasteiger partial charge < -0.3 is 9.72 Å². The summed E-state index contributed by atoms with van der Waals surface area (Å²) in [6, 6.07) is 4.21. The Bertz CT molecular complexity index is 941. The number of hydrogen-bond donors (Lipinski definition) is 1. The predicted octanol–water partition coefficient (Wildman–Crippen LogP) is 6.29. The van der Waals surface area contributed by atoms with Crippen molar-refractivity contribution in [2.45, 2.75) is 40.0 Å². The molecule has 5 nitrogen and oxygen atoms in total. The SMILES string of the molecule is CC.CCOC(=O)c1c(C)cc(C(F)(F)Cl)[nH]c1=O.Cc1c(Cl)ccc(C=O)c1Cl. The molecule has 0 spiro atoms. The van der Waals surface area contributed by atoms with Gasteiger partial charge in [-0.05, 0) is 61.7 Å². The van der Waals surface area contributed by atoms with E-state index >= 15 is 0 Å². The second-order valence-electron chi connectivity index (χ2n) is 5.48. The third-order valence-corrected chi connectivity index (χ3v) is 4.61. The summed E-state index contributed by atoms with van der Waals surface area (Å²) in [5.74, 6) is -0.851. The quantitative estimate of drug-likeness (QED) is 0.314. The number of H-pyrrole nitrogens is 1. The molecule has 0 bridgehead atoms. The molecule has 0 unspecified atom stereocenters. The van der Waals surface area contributed by atoms with Gasteiger partial charge in [-0.2, -0.15) is 8.78 Å². The summed E-state index contributed by atoms with van der Waals surface area (Å²) < 4.78 is 30.2. The fourth-order valence-corrected chi connectivity index (χ4v) is 2.59. The molecule has 1 N–H and O–H groups in total. The van der Waals surface area contributed by atoms with Crippen molar-refractivity contribution in [3.05, 3.63) is 66.5 Å². The Morgan fingerprint density at radius 3 is 2.23 bits per heavy atom. The second kappa shape index (κ2) is 12.7. The number of esters is 1. The number of halogens is 5. The van der Waals surface area contributed by atoms with Crippen LogP contribution in [0.1, 0.15) is 58.3 Å². The van der Waals surface area contributed by atoms with E-state index in [2.05, 4.69) is 4.74 Å². The molecule has 30 heavy (non-hydrogen) atoms. The molecule has 0 atom stereocenters. The smallest absolute Gasteiger partial charge is 0.362 e. The maximum Gasteiger partial charge on any atom is 0.362 e. The summed E-state index contributed by atoms with van der Waals surface area (Å²) in [6.45, 7) is 8.79.